The van der Waals surface area contributed by atoms with Crippen LogP contribution in [-0.4, -0.2) is 16.2 Å². The van der Waals surface area contributed by atoms with Crippen LogP contribution in [0.3, 0.4) is 0 Å². The van der Waals surface area contributed by atoms with Gasteiger partial charge in [-0.1, -0.05) is 47.6 Å². The fourth-order valence-electron chi connectivity index (χ4n) is 3.27. The van der Waals surface area contributed by atoms with Crippen molar-refractivity contribution in [3.63, 3.8) is 0 Å². The number of hydrogen-bond acceptors (Lipinski definition) is 5. The summed E-state index contributed by atoms with van der Waals surface area (Å²) in [4.78, 5) is 12.9. The highest BCUT2D eigenvalue weighted by molar-refractivity contribution is 6.08. The van der Waals surface area contributed by atoms with Crippen LogP contribution in [0.4, 0.5) is 5.88 Å². The third-order valence-electron chi connectivity index (χ3n) is 4.65. The monoisotopic (exact) mass is 337 g/mol. The molecule has 25 heavy (non-hydrogen) atoms. The molecule has 1 amide bonds. The third-order valence-corrected chi connectivity index (χ3v) is 4.65. The molecule has 6 heteroatoms. The summed E-state index contributed by atoms with van der Waals surface area (Å²) < 4.78 is 10.8. The Hall–Kier alpha value is -2.89. The summed E-state index contributed by atoms with van der Waals surface area (Å²) in [6.45, 7) is 3.95. The molecule has 0 radical (unpaired) electrons. The van der Waals surface area contributed by atoms with Gasteiger partial charge in [-0.15, -0.1) is 0 Å². The van der Waals surface area contributed by atoms with Crippen molar-refractivity contribution in [2.75, 3.05) is 5.32 Å². The van der Waals surface area contributed by atoms with E-state index in [2.05, 4.69) is 22.6 Å². The first-order valence-electron chi connectivity index (χ1n) is 8.44. The average Bonchev–Trinajstić information content (AvgIpc) is 3.19. The summed E-state index contributed by atoms with van der Waals surface area (Å²) in [6.07, 6.45) is 2.84. The molecule has 6 nitrogen and oxygen atoms in total. The lowest BCUT2D eigenvalue weighted by molar-refractivity contribution is 0.102. The lowest BCUT2D eigenvalue weighted by Crippen LogP contribution is -2.16. The van der Waals surface area contributed by atoms with Crippen LogP contribution >= 0.6 is 0 Å². The maximum Gasteiger partial charge on any atom is 0.263 e. The maximum absolute atomic E-state index is 12.9. The quantitative estimate of drug-likeness (QED) is 0.781. The zero-order valence-corrected chi connectivity index (χ0v) is 14.2. The number of aryl methyl sites for hydroxylation is 2. The molecule has 1 aromatic carbocycles. The zero-order valence-electron chi connectivity index (χ0n) is 14.2. The van der Waals surface area contributed by atoms with Gasteiger partial charge in [0, 0.05) is 11.1 Å². The fraction of sp³-hybridized carbons (Fsp3) is 0.316. The van der Waals surface area contributed by atoms with Gasteiger partial charge >= 0.3 is 0 Å². The predicted molar refractivity (Wildman–Crippen MR) is 92.3 cm³/mol. The SMILES string of the molecule is Cc1noc(-c2ccccc2)c1C(=O)Nc1onc2c1C[C@H](C)CC2. The molecule has 2 heterocycles. The van der Waals surface area contributed by atoms with Crippen LogP contribution in [0.5, 0.6) is 0 Å². The van der Waals surface area contributed by atoms with Crippen LogP contribution in [0.1, 0.15) is 40.7 Å². The third kappa shape index (κ3) is 2.84. The van der Waals surface area contributed by atoms with Gasteiger partial charge in [0.1, 0.15) is 5.56 Å². The van der Waals surface area contributed by atoms with Crippen molar-refractivity contribution in [1.29, 1.82) is 0 Å². The highest BCUT2D eigenvalue weighted by Gasteiger charge is 2.27. The second-order valence-electron chi connectivity index (χ2n) is 6.58. The molecule has 2 aromatic heterocycles. The molecule has 128 valence electrons. The number of fused-ring (bicyclic) bond motifs is 1. The van der Waals surface area contributed by atoms with Crippen molar-refractivity contribution in [2.24, 2.45) is 5.92 Å². The molecule has 1 atom stereocenters. The number of rotatable bonds is 3. The zero-order chi connectivity index (χ0) is 17.4. The van der Waals surface area contributed by atoms with Gasteiger partial charge in [-0.05, 0) is 32.1 Å². The van der Waals surface area contributed by atoms with Crippen molar-refractivity contribution in [3.05, 3.63) is 52.8 Å². The van der Waals surface area contributed by atoms with E-state index in [1.54, 1.807) is 6.92 Å². The van der Waals surface area contributed by atoms with Gasteiger partial charge in [0.05, 0.1) is 11.4 Å². The number of nitrogens with zero attached hydrogens (tertiary/aromatic N) is 2. The largest absolute Gasteiger partial charge is 0.355 e. The van der Waals surface area contributed by atoms with Gasteiger partial charge in [-0.3, -0.25) is 10.1 Å². The minimum absolute atomic E-state index is 0.297. The number of nitrogens with one attached hydrogen (secondary N) is 1. The molecule has 1 aliphatic rings. The Labute approximate surface area is 145 Å². The standard InChI is InChI=1S/C19H19N3O3/c1-11-8-9-15-14(10-11)19(25-22-15)20-18(23)16-12(2)21-24-17(16)13-6-4-3-5-7-13/h3-7,11H,8-10H2,1-2H3,(H,20,23)/t11-/m1/s1. The summed E-state index contributed by atoms with van der Waals surface area (Å²) >= 11 is 0. The molecule has 0 spiro atoms. The van der Waals surface area contributed by atoms with E-state index in [0.29, 0.717) is 28.8 Å². The lowest BCUT2D eigenvalue weighted by Gasteiger charge is -2.16. The first-order valence-corrected chi connectivity index (χ1v) is 8.44. The fourth-order valence-corrected chi connectivity index (χ4v) is 3.27. The molecule has 0 bridgehead atoms. The van der Waals surface area contributed by atoms with Crippen molar-refractivity contribution < 1.29 is 13.8 Å². The molecule has 0 saturated carbocycles. The molecule has 1 aliphatic carbocycles. The van der Waals surface area contributed by atoms with E-state index in [-0.39, 0.29) is 5.91 Å². The van der Waals surface area contributed by atoms with Gasteiger partial charge in [-0.25, -0.2) is 0 Å². The molecule has 4 rings (SSSR count). The van der Waals surface area contributed by atoms with Crippen molar-refractivity contribution in [1.82, 2.24) is 10.3 Å². The minimum atomic E-state index is -0.297. The van der Waals surface area contributed by atoms with E-state index >= 15 is 0 Å². The number of benzene rings is 1. The minimum Gasteiger partial charge on any atom is -0.355 e. The van der Waals surface area contributed by atoms with Crippen LogP contribution in [0.15, 0.2) is 39.4 Å². The lowest BCUT2D eigenvalue weighted by atomic mass is 9.89. The van der Waals surface area contributed by atoms with Crippen molar-refractivity contribution in [3.8, 4) is 11.3 Å². The Morgan fingerprint density at radius 1 is 1.20 bits per heavy atom. The van der Waals surface area contributed by atoms with Gasteiger partial charge in [0.15, 0.2) is 5.76 Å². The molecule has 0 fully saturated rings. The Morgan fingerprint density at radius 3 is 2.80 bits per heavy atom. The number of carbonyl (C=O) groups excluding carboxylic acids is 1. The topological polar surface area (TPSA) is 81.2 Å². The van der Waals surface area contributed by atoms with E-state index in [9.17, 15) is 4.79 Å². The Balaban J connectivity index is 1.65. The van der Waals surface area contributed by atoms with E-state index < -0.39 is 0 Å². The summed E-state index contributed by atoms with van der Waals surface area (Å²) in [5, 5.41) is 10.9. The van der Waals surface area contributed by atoms with Gasteiger partial charge in [-0.2, -0.15) is 0 Å². The highest BCUT2D eigenvalue weighted by atomic mass is 16.5. The van der Waals surface area contributed by atoms with E-state index in [1.165, 1.54) is 0 Å². The Kier molecular flexibility index (Phi) is 3.87. The number of aromatic nitrogens is 2. The summed E-state index contributed by atoms with van der Waals surface area (Å²) in [5.41, 5.74) is 3.71. The Bertz CT molecular complexity index is 911. The van der Waals surface area contributed by atoms with Crippen molar-refractivity contribution >= 4 is 11.8 Å². The first-order chi connectivity index (χ1) is 12.1. The van der Waals surface area contributed by atoms with Crippen LogP contribution in [-0.2, 0) is 12.8 Å². The van der Waals surface area contributed by atoms with Gasteiger partial charge < -0.3 is 9.05 Å². The van der Waals surface area contributed by atoms with Gasteiger partial charge in [0.2, 0.25) is 5.88 Å². The van der Waals surface area contributed by atoms with E-state index in [0.717, 1.165) is 36.1 Å². The normalized spacial score (nSPS) is 16.5. The first kappa shape index (κ1) is 15.6. The highest BCUT2D eigenvalue weighted by Crippen LogP contribution is 2.32. The summed E-state index contributed by atoms with van der Waals surface area (Å²) in [5.74, 6) is 1.15. The number of carbonyl (C=O) groups is 1. The smallest absolute Gasteiger partial charge is 0.263 e. The second kappa shape index (κ2) is 6.20. The molecular weight excluding hydrogens is 318 g/mol. The molecular formula is C19H19N3O3. The molecule has 0 aliphatic heterocycles. The molecule has 3 aromatic rings. The molecule has 0 saturated heterocycles. The number of hydrogen-bond donors (Lipinski definition) is 1. The molecule has 0 unspecified atom stereocenters. The van der Waals surface area contributed by atoms with E-state index in [4.69, 9.17) is 9.05 Å². The van der Waals surface area contributed by atoms with E-state index in [1.807, 2.05) is 30.3 Å². The maximum atomic E-state index is 12.9. The second-order valence-corrected chi connectivity index (χ2v) is 6.58. The van der Waals surface area contributed by atoms with Crippen LogP contribution < -0.4 is 5.32 Å². The number of amides is 1. The average molecular weight is 337 g/mol. The Morgan fingerprint density at radius 2 is 2.00 bits per heavy atom. The van der Waals surface area contributed by atoms with Crippen molar-refractivity contribution in [2.45, 2.75) is 33.1 Å². The van der Waals surface area contributed by atoms with Crippen LogP contribution in [0.25, 0.3) is 11.3 Å². The predicted octanol–water partition coefficient (Wildman–Crippen LogP) is 4.02. The summed E-state index contributed by atoms with van der Waals surface area (Å²) in [7, 11) is 0. The van der Waals surface area contributed by atoms with Crippen LogP contribution in [0, 0.1) is 12.8 Å². The van der Waals surface area contributed by atoms with Crippen LogP contribution in [0.2, 0.25) is 0 Å². The van der Waals surface area contributed by atoms with Gasteiger partial charge in [0.25, 0.3) is 5.91 Å². The number of anilines is 1. The molecule has 1 N–H and O–H groups in total. The summed E-state index contributed by atoms with van der Waals surface area (Å²) in [6, 6.07) is 9.46.